The third kappa shape index (κ3) is 3.14. The van der Waals surface area contributed by atoms with Crippen molar-refractivity contribution in [3.8, 4) is 11.8 Å². The molecule has 27 heavy (non-hydrogen) atoms. The Morgan fingerprint density at radius 2 is 1.96 bits per heavy atom. The largest absolute Gasteiger partial charge is 0.399 e. The van der Waals surface area contributed by atoms with Crippen LogP contribution in [0.3, 0.4) is 0 Å². The highest BCUT2D eigenvalue weighted by atomic mass is 32.1. The van der Waals surface area contributed by atoms with Crippen molar-refractivity contribution in [2.24, 2.45) is 9.98 Å². The standard InChI is InChI=1S/C22H21N4S/c1-22(2,3)26-12-11-24-14-21(26)25-19(15-26)20-10-9-18(27-20)8-7-16-5-4-6-17(23)13-16/h4-6,9-15H,23H2,1-3H3/q+1. The second-order valence-corrected chi connectivity index (χ2v) is 8.63. The van der Waals surface area contributed by atoms with Gasteiger partial charge in [-0.15, -0.1) is 11.3 Å². The third-order valence-electron chi connectivity index (χ3n) is 4.70. The average molecular weight is 374 g/mol. The Balaban J connectivity index is 1.66. The van der Waals surface area contributed by atoms with Gasteiger partial charge in [0.05, 0.1) is 16.0 Å². The number of aliphatic imine (C=N–C) groups is 2. The molecule has 1 atom stereocenters. The zero-order valence-electron chi connectivity index (χ0n) is 15.6. The van der Waals surface area contributed by atoms with Crippen molar-refractivity contribution in [3.63, 3.8) is 0 Å². The van der Waals surface area contributed by atoms with Crippen molar-refractivity contribution in [1.29, 1.82) is 0 Å². The van der Waals surface area contributed by atoms with Gasteiger partial charge in [-0.05, 0) is 51.1 Å². The molecule has 0 saturated carbocycles. The zero-order chi connectivity index (χ0) is 19.1. The van der Waals surface area contributed by atoms with Gasteiger partial charge >= 0.3 is 0 Å². The Bertz CT molecular complexity index is 1080. The fraction of sp³-hybridized carbons (Fsp3) is 0.182. The van der Waals surface area contributed by atoms with E-state index in [1.165, 1.54) is 0 Å². The molecule has 0 saturated heterocycles. The van der Waals surface area contributed by atoms with E-state index < -0.39 is 0 Å². The molecule has 1 aromatic heterocycles. The molecule has 2 aliphatic rings. The van der Waals surface area contributed by atoms with Crippen LogP contribution in [-0.2, 0) is 0 Å². The quantitative estimate of drug-likeness (QED) is 0.443. The summed E-state index contributed by atoms with van der Waals surface area (Å²) in [5, 5.41) is 0. The number of nitrogen functional groups attached to an aromatic ring is 1. The summed E-state index contributed by atoms with van der Waals surface area (Å²) in [6.45, 7) is 6.63. The maximum atomic E-state index is 5.81. The van der Waals surface area contributed by atoms with Gasteiger partial charge in [0.1, 0.15) is 29.9 Å². The number of anilines is 1. The molecule has 134 valence electrons. The highest BCUT2D eigenvalue weighted by molar-refractivity contribution is 7.13. The van der Waals surface area contributed by atoms with Crippen molar-refractivity contribution in [2.45, 2.75) is 26.3 Å². The fourth-order valence-corrected chi connectivity index (χ4v) is 3.98. The van der Waals surface area contributed by atoms with E-state index in [1.54, 1.807) is 11.3 Å². The molecule has 5 heteroatoms. The minimum absolute atomic E-state index is 0.0450. The minimum atomic E-state index is -0.0450. The van der Waals surface area contributed by atoms with Crippen LogP contribution in [0.25, 0.3) is 5.70 Å². The first-order chi connectivity index (χ1) is 12.9. The van der Waals surface area contributed by atoms with Gasteiger partial charge in [0, 0.05) is 11.3 Å². The van der Waals surface area contributed by atoms with Crippen molar-refractivity contribution < 1.29 is 4.48 Å². The number of rotatable bonds is 1. The van der Waals surface area contributed by atoms with Gasteiger partial charge in [-0.3, -0.25) is 4.99 Å². The van der Waals surface area contributed by atoms with E-state index in [0.29, 0.717) is 4.48 Å². The van der Waals surface area contributed by atoms with E-state index in [0.717, 1.165) is 32.5 Å². The molecule has 3 heterocycles. The van der Waals surface area contributed by atoms with Crippen LogP contribution in [0.2, 0.25) is 0 Å². The molecule has 0 amide bonds. The Hall–Kier alpha value is -2.94. The lowest BCUT2D eigenvalue weighted by molar-refractivity contribution is -0.783. The van der Waals surface area contributed by atoms with Gasteiger partial charge in [0.15, 0.2) is 0 Å². The minimum Gasteiger partial charge on any atom is -0.399 e. The van der Waals surface area contributed by atoms with E-state index in [4.69, 9.17) is 10.7 Å². The summed E-state index contributed by atoms with van der Waals surface area (Å²) >= 11 is 1.65. The monoisotopic (exact) mass is 373 g/mol. The SMILES string of the molecule is CC(C)(C)[N+]12C=CN=CC1=NC(c1ccc(C#Cc3cccc(N)c3)s1)=C2. The summed E-state index contributed by atoms with van der Waals surface area (Å²) in [7, 11) is 0. The Morgan fingerprint density at radius 3 is 2.70 bits per heavy atom. The predicted octanol–water partition coefficient (Wildman–Crippen LogP) is 4.61. The van der Waals surface area contributed by atoms with Crippen LogP contribution in [0.1, 0.15) is 36.1 Å². The Labute approximate surface area is 163 Å². The maximum Gasteiger partial charge on any atom is 0.256 e. The van der Waals surface area contributed by atoms with Crippen molar-refractivity contribution in [3.05, 3.63) is 70.3 Å². The molecule has 1 unspecified atom stereocenters. The Morgan fingerprint density at radius 1 is 1.11 bits per heavy atom. The summed E-state index contributed by atoms with van der Waals surface area (Å²) in [5.41, 5.74) is 8.38. The van der Waals surface area contributed by atoms with Crippen LogP contribution in [0.15, 0.2) is 65.0 Å². The van der Waals surface area contributed by atoms with Crippen LogP contribution < -0.4 is 5.73 Å². The molecule has 0 fully saturated rings. The number of nitrogens with zero attached hydrogens (tertiary/aromatic N) is 3. The number of thiophene rings is 1. The summed E-state index contributed by atoms with van der Waals surface area (Å²) in [6, 6.07) is 11.8. The Kier molecular flexibility index (Phi) is 4.11. The number of hydrogen-bond acceptors (Lipinski definition) is 4. The van der Waals surface area contributed by atoms with Crippen molar-refractivity contribution in [1.82, 2.24) is 0 Å². The van der Waals surface area contributed by atoms with Crippen molar-refractivity contribution >= 4 is 34.8 Å². The second-order valence-electron chi connectivity index (χ2n) is 7.55. The number of benzene rings is 1. The molecule has 0 radical (unpaired) electrons. The fourth-order valence-electron chi connectivity index (χ4n) is 3.16. The maximum absolute atomic E-state index is 5.81. The van der Waals surface area contributed by atoms with Gasteiger partial charge in [-0.2, -0.15) is 4.99 Å². The highest BCUT2D eigenvalue weighted by Crippen LogP contribution is 2.39. The van der Waals surface area contributed by atoms with Gasteiger partial charge in [-0.1, -0.05) is 17.9 Å². The predicted molar refractivity (Wildman–Crippen MR) is 114 cm³/mol. The van der Waals surface area contributed by atoms with Crippen LogP contribution >= 0.6 is 11.3 Å². The molecule has 2 aliphatic heterocycles. The number of nitrogens with two attached hydrogens (primary N) is 1. The molecule has 0 aliphatic carbocycles. The second kappa shape index (κ2) is 6.34. The van der Waals surface area contributed by atoms with E-state index in [1.807, 2.05) is 42.7 Å². The average Bonchev–Trinajstić information content (AvgIpc) is 3.24. The molecular weight excluding hydrogens is 352 g/mol. The highest BCUT2D eigenvalue weighted by Gasteiger charge is 2.47. The van der Waals surface area contributed by atoms with Crippen LogP contribution in [0, 0.1) is 11.8 Å². The van der Waals surface area contributed by atoms with E-state index in [-0.39, 0.29) is 5.54 Å². The molecule has 4 rings (SSSR count). The first kappa shape index (κ1) is 17.5. The van der Waals surface area contributed by atoms with Crippen LogP contribution in [0.4, 0.5) is 5.69 Å². The lowest BCUT2D eigenvalue weighted by Gasteiger charge is -2.39. The van der Waals surface area contributed by atoms with Crippen molar-refractivity contribution in [2.75, 3.05) is 5.73 Å². The van der Waals surface area contributed by atoms with E-state index in [9.17, 15) is 0 Å². The summed E-state index contributed by atoms with van der Waals surface area (Å²) in [5.74, 6) is 7.35. The van der Waals surface area contributed by atoms with E-state index in [2.05, 4.69) is 56.1 Å². The number of fused-ring (bicyclic) bond motifs is 1. The normalized spacial score (nSPS) is 20.6. The molecule has 0 bridgehead atoms. The molecule has 2 N–H and O–H groups in total. The summed E-state index contributed by atoms with van der Waals surface area (Å²) < 4.78 is 0.577. The first-order valence-corrected chi connectivity index (χ1v) is 9.58. The summed E-state index contributed by atoms with van der Waals surface area (Å²) in [6.07, 6.45) is 8.00. The lowest BCUT2D eigenvalue weighted by atomic mass is 10.0. The summed E-state index contributed by atoms with van der Waals surface area (Å²) in [4.78, 5) is 11.2. The lowest BCUT2D eigenvalue weighted by Crippen LogP contribution is -2.56. The van der Waals surface area contributed by atoms with Gasteiger partial charge in [-0.25, -0.2) is 4.48 Å². The van der Waals surface area contributed by atoms with E-state index >= 15 is 0 Å². The molecule has 1 aromatic carbocycles. The van der Waals surface area contributed by atoms with Crippen LogP contribution in [0.5, 0.6) is 0 Å². The smallest absolute Gasteiger partial charge is 0.256 e. The molecule has 0 spiro atoms. The van der Waals surface area contributed by atoms with Gasteiger partial charge in [0.2, 0.25) is 0 Å². The third-order valence-corrected chi connectivity index (χ3v) is 5.73. The molecule has 2 aromatic rings. The van der Waals surface area contributed by atoms with Crippen LogP contribution in [-0.4, -0.2) is 22.1 Å². The van der Waals surface area contributed by atoms with Gasteiger partial charge in [0.25, 0.3) is 5.84 Å². The first-order valence-electron chi connectivity index (χ1n) is 8.77. The number of amidine groups is 1. The molecular formula is C22H21N4S+. The topological polar surface area (TPSA) is 50.7 Å². The number of quaternary nitrogens is 1. The number of hydrogen-bond donors (Lipinski definition) is 1. The zero-order valence-corrected chi connectivity index (χ0v) is 16.4. The van der Waals surface area contributed by atoms with Gasteiger partial charge < -0.3 is 5.73 Å². The molecule has 4 nitrogen and oxygen atoms in total.